The maximum absolute atomic E-state index is 13.3. The second-order valence-electron chi connectivity index (χ2n) is 7.09. The number of hydrogen-bond donors (Lipinski definition) is 3. The lowest BCUT2D eigenvalue weighted by Crippen LogP contribution is -2.34. The normalized spacial score (nSPS) is 10.9. The number of primary amides is 1. The number of carbonyl (C=O) groups is 2. The van der Waals surface area contributed by atoms with Crippen molar-refractivity contribution in [2.75, 3.05) is 21.5 Å². The number of anilines is 3. The van der Waals surface area contributed by atoms with Crippen LogP contribution in [0.5, 0.6) is 0 Å². The van der Waals surface area contributed by atoms with Crippen LogP contribution in [-0.4, -0.2) is 26.9 Å². The van der Waals surface area contributed by atoms with Crippen LogP contribution in [0.3, 0.4) is 0 Å². The first-order valence-corrected chi connectivity index (χ1v) is 11.3. The van der Waals surface area contributed by atoms with Crippen molar-refractivity contribution >= 4 is 39.0 Å². The van der Waals surface area contributed by atoms with Crippen molar-refractivity contribution in [1.29, 1.82) is 0 Å². The summed E-state index contributed by atoms with van der Waals surface area (Å²) in [6, 6.07) is 21.0. The maximum atomic E-state index is 13.3. The molecule has 3 amide bonds. The van der Waals surface area contributed by atoms with Gasteiger partial charge in [-0.1, -0.05) is 35.9 Å². The van der Waals surface area contributed by atoms with E-state index in [1.54, 1.807) is 78.9 Å². The van der Waals surface area contributed by atoms with E-state index in [1.807, 2.05) is 6.92 Å². The fraction of sp³-hybridized carbons (Fsp3) is 0.130. The van der Waals surface area contributed by atoms with Gasteiger partial charge in [0.15, 0.2) is 0 Å². The Morgan fingerprint density at radius 3 is 1.97 bits per heavy atom. The topological polar surface area (TPSA) is 122 Å². The van der Waals surface area contributed by atoms with Crippen LogP contribution in [0.25, 0.3) is 0 Å². The van der Waals surface area contributed by atoms with E-state index in [4.69, 9.17) is 5.73 Å². The molecule has 0 atom stereocenters. The number of amides is 3. The Bertz CT molecular complexity index is 1180. The number of hydrogen-bond acceptors (Lipinski definition) is 4. The zero-order valence-electron chi connectivity index (χ0n) is 17.5. The van der Waals surface area contributed by atoms with E-state index in [2.05, 4.69) is 10.6 Å². The summed E-state index contributed by atoms with van der Waals surface area (Å²) in [5.41, 5.74) is 7.50. The van der Waals surface area contributed by atoms with Crippen molar-refractivity contribution in [1.82, 2.24) is 0 Å². The number of aryl methyl sites for hydroxylation is 1. The standard InChI is InChI=1S/C23H24N4O4S/c1-17-7-13-21(14-8-17)32(30,31)27(20-5-3-2-4-6-20)16-15-22(28)25-18-9-11-19(12-10-18)26-23(24)29/h2-14H,15-16H2,1H3,(H,25,28)(H3,24,26,29). The first kappa shape index (κ1) is 22.8. The van der Waals surface area contributed by atoms with Gasteiger partial charge < -0.3 is 16.4 Å². The van der Waals surface area contributed by atoms with E-state index in [0.29, 0.717) is 17.1 Å². The van der Waals surface area contributed by atoms with Gasteiger partial charge in [0.2, 0.25) is 5.91 Å². The number of benzene rings is 3. The van der Waals surface area contributed by atoms with Gasteiger partial charge in [-0.05, 0) is 55.5 Å². The second-order valence-corrected chi connectivity index (χ2v) is 8.95. The van der Waals surface area contributed by atoms with E-state index >= 15 is 0 Å². The van der Waals surface area contributed by atoms with Crippen molar-refractivity contribution in [3.63, 3.8) is 0 Å². The molecule has 0 bridgehead atoms. The van der Waals surface area contributed by atoms with Gasteiger partial charge >= 0.3 is 6.03 Å². The van der Waals surface area contributed by atoms with Gasteiger partial charge in [-0.2, -0.15) is 0 Å². The highest BCUT2D eigenvalue weighted by molar-refractivity contribution is 7.92. The fourth-order valence-corrected chi connectivity index (χ4v) is 4.49. The predicted octanol–water partition coefficient (Wildman–Crippen LogP) is 3.71. The molecule has 3 aromatic rings. The molecule has 166 valence electrons. The van der Waals surface area contributed by atoms with Crippen molar-refractivity contribution in [3.05, 3.63) is 84.4 Å². The third-order valence-electron chi connectivity index (χ3n) is 4.63. The highest BCUT2D eigenvalue weighted by Gasteiger charge is 2.25. The molecule has 8 nitrogen and oxygen atoms in total. The van der Waals surface area contributed by atoms with Crippen molar-refractivity contribution in [2.45, 2.75) is 18.2 Å². The molecule has 3 aromatic carbocycles. The summed E-state index contributed by atoms with van der Waals surface area (Å²) in [5, 5.41) is 5.16. The van der Waals surface area contributed by atoms with E-state index in [1.165, 1.54) is 4.31 Å². The molecule has 9 heteroatoms. The van der Waals surface area contributed by atoms with Crippen molar-refractivity contribution in [2.24, 2.45) is 5.73 Å². The Morgan fingerprint density at radius 2 is 1.41 bits per heavy atom. The minimum atomic E-state index is -3.86. The summed E-state index contributed by atoms with van der Waals surface area (Å²) in [6.07, 6.45) is -0.0543. The number of sulfonamides is 1. The monoisotopic (exact) mass is 452 g/mol. The number of para-hydroxylation sites is 1. The summed E-state index contributed by atoms with van der Waals surface area (Å²) in [5.74, 6) is -0.347. The highest BCUT2D eigenvalue weighted by Crippen LogP contribution is 2.24. The SMILES string of the molecule is Cc1ccc(S(=O)(=O)N(CCC(=O)Nc2ccc(NC(N)=O)cc2)c2ccccc2)cc1. The molecule has 3 rings (SSSR count). The smallest absolute Gasteiger partial charge is 0.316 e. The quantitative estimate of drug-likeness (QED) is 0.482. The van der Waals surface area contributed by atoms with Gasteiger partial charge in [-0.25, -0.2) is 13.2 Å². The molecule has 0 unspecified atom stereocenters. The lowest BCUT2D eigenvalue weighted by Gasteiger charge is -2.24. The molecule has 0 aliphatic heterocycles. The van der Waals surface area contributed by atoms with Crippen LogP contribution in [0.2, 0.25) is 0 Å². The minimum Gasteiger partial charge on any atom is -0.351 e. The van der Waals surface area contributed by atoms with E-state index in [0.717, 1.165) is 5.56 Å². The maximum Gasteiger partial charge on any atom is 0.316 e. The van der Waals surface area contributed by atoms with Crippen LogP contribution in [0.15, 0.2) is 83.8 Å². The molecule has 0 radical (unpaired) electrons. The van der Waals surface area contributed by atoms with E-state index in [9.17, 15) is 18.0 Å². The van der Waals surface area contributed by atoms with Crippen LogP contribution in [-0.2, 0) is 14.8 Å². The summed E-state index contributed by atoms with van der Waals surface area (Å²) in [6.45, 7) is 1.85. The third kappa shape index (κ3) is 5.86. The first-order chi connectivity index (χ1) is 15.3. The van der Waals surface area contributed by atoms with Gasteiger partial charge in [0.25, 0.3) is 10.0 Å². The minimum absolute atomic E-state index is 0.0344. The van der Waals surface area contributed by atoms with Gasteiger partial charge in [-0.3, -0.25) is 9.10 Å². The molecule has 0 heterocycles. The molecule has 0 aliphatic carbocycles. The summed E-state index contributed by atoms with van der Waals surface area (Å²) >= 11 is 0. The average Bonchev–Trinajstić information content (AvgIpc) is 2.76. The van der Waals surface area contributed by atoms with Gasteiger partial charge in [0, 0.05) is 24.3 Å². The number of urea groups is 1. The Balaban J connectivity index is 1.74. The van der Waals surface area contributed by atoms with Crippen LogP contribution in [0.4, 0.5) is 21.9 Å². The average molecular weight is 453 g/mol. The van der Waals surface area contributed by atoms with Crippen LogP contribution >= 0.6 is 0 Å². The molecule has 0 fully saturated rings. The largest absolute Gasteiger partial charge is 0.351 e. The van der Waals surface area contributed by atoms with Crippen molar-refractivity contribution in [3.8, 4) is 0 Å². The lowest BCUT2D eigenvalue weighted by atomic mass is 10.2. The zero-order valence-corrected chi connectivity index (χ0v) is 18.3. The molecule has 0 aliphatic rings. The Labute approximate surface area is 187 Å². The zero-order chi connectivity index (χ0) is 23.1. The van der Waals surface area contributed by atoms with Gasteiger partial charge in [0.05, 0.1) is 10.6 Å². The summed E-state index contributed by atoms with van der Waals surface area (Å²) < 4.78 is 27.8. The highest BCUT2D eigenvalue weighted by atomic mass is 32.2. The van der Waals surface area contributed by atoms with Crippen LogP contribution in [0, 0.1) is 6.92 Å². The predicted molar refractivity (Wildman–Crippen MR) is 125 cm³/mol. The molecular formula is C23H24N4O4S. The molecule has 0 saturated carbocycles. The van der Waals surface area contributed by atoms with Gasteiger partial charge in [-0.15, -0.1) is 0 Å². The lowest BCUT2D eigenvalue weighted by molar-refractivity contribution is -0.116. The number of rotatable bonds is 8. The summed E-state index contributed by atoms with van der Waals surface area (Å²) in [7, 11) is -3.86. The second kappa shape index (κ2) is 9.97. The molecule has 0 aromatic heterocycles. The van der Waals surface area contributed by atoms with Crippen LogP contribution in [0.1, 0.15) is 12.0 Å². The molecule has 32 heavy (non-hydrogen) atoms. The molecule has 0 saturated heterocycles. The van der Waals surface area contributed by atoms with Crippen molar-refractivity contribution < 1.29 is 18.0 Å². The molecule has 0 spiro atoms. The first-order valence-electron chi connectivity index (χ1n) is 9.86. The number of nitrogens with two attached hydrogens (primary N) is 1. The Morgan fingerprint density at radius 1 is 0.844 bits per heavy atom. The number of carbonyl (C=O) groups excluding carboxylic acids is 2. The molecule has 4 N–H and O–H groups in total. The van der Waals surface area contributed by atoms with E-state index < -0.39 is 16.1 Å². The fourth-order valence-electron chi connectivity index (χ4n) is 3.03. The number of nitrogens with one attached hydrogen (secondary N) is 2. The van der Waals surface area contributed by atoms with Crippen LogP contribution < -0.4 is 20.7 Å². The third-order valence-corrected chi connectivity index (χ3v) is 6.47. The summed E-state index contributed by atoms with van der Waals surface area (Å²) in [4.78, 5) is 23.5. The Kier molecular flexibility index (Phi) is 7.11. The molecular weight excluding hydrogens is 428 g/mol. The van der Waals surface area contributed by atoms with Gasteiger partial charge in [0.1, 0.15) is 0 Å². The Hall–Kier alpha value is -3.85. The number of nitrogens with zero attached hydrogens (tertiary/aromatic N) is 1. The van der Waals surface area contributed by atoms with E-state index in [-0.39, 0.29) is 23.8 Å².